The Hall–Kier alpha value is -1.27. The van der Waals surface area contributed by atoms with Gasteiger partial charge in [-0.15, -0.1) is 0 Å². The lowest BCUT2D eigenvalue weighted by molar-refractivity contribution is 0.597. The van der Waals surface area contributed by atoms with Crippen LogP contribution in [0.5, 0.6) is 0 Å². The fourth-order valence-electron chi connectivity index (χ4n) is 1.60. The van der Waals surface area contributed by atoms with Gasteiger partial charge in [-0.05, 0) is 31.0 Å². The van der Waals surface area contributed by atoms with E-state index in [4.69, 9.17) is 10.9 Å². The number of hydrogen-bond donors (Lipinski definition) is 3. The predicted octanol–water partition coefficient (Wildman–Crippen LogP) is 1.52. The lowest BCUT2D eigenvalue weighted by Gasteiger charge is -2.17. The van der Waals surface area contributed by atoms with Crippen LogP contribution in [0.15, 0.2) is 23.1 Å². The van der Waals surface area contributed by atoms with Crippen molar-refractivity contribution in [3.8, 4) is 0 Å². The molecule has 0 fully saturated rings. The molecule has 1 rings (SSSR count). The second-order valence-corrected chi connectivity index (χ2v) is 5.55. The molecule has 0 heterocycles. The maximum Gasteiger partial charge on any atom is 0.238 e. The smallest absolute Gasteiger partial charge is 0.238 e. The Balaban J connectivity index is 3.06. The van der Waals surface area contributed by atoms with Crippen LogP contribution in [0, 0.1) is 0 Å². The fraction of sp³-hybridized carbons (Fsp3) is 0.455. The number of hydrogen-bond acceptors (Lipinski definition) is 4. The quantitative estimate of drug-likeness (QED) is 0.696. The second kappa shape index (κ2) is 5.37. The Bertz CT molecular complexity index is 481. The van der Waals surface area contributed by atoms with E-state index in [1.807, 2.05) is 0 Å². The molecule has 0 aromatic heterocycles. The highest BCUT2D eigenvalue weighted by Crippen LogP contribution is 2.21. The molecule has 0 spiro atoms. The molecule has 0 bridgehead atoms. The summed E-state index contributed by atoms with van der Waals surface area (Å²) in [5.74, 6) is 0. The highest BCUT2D eigenvalue weighted by molar-refractivity contribution is 7.89. The molecule has 5 N–H and O–H groups in total. The molecule has 0 aliphatic carbocycles. The molecule has 0 saturated carbocycles. The molecule has 1 aromatic rings. The van der Waals surface area contributed by atoms with E-state index in [2.05, 4.69) is 19.2 Å². The van der Waals surface area contributed by atoms with Gasteiger partial charge in [0.1, 0.15) is 0 Å². The lowest BCUT2D eigenvalue weighted by Crippen LogP contribution is -2.18. The van der Waals surface area contributed by atoms with Crippen LogP contribution in [0.25, 0.3) is 0 Å². The molecular formula is C11H19N3O2S. The zero-order valence-corrected chi connectivity index (χ0v) is 10.9. The Morgan fingerprint density at radius 2 is 1.82 bits per heavy atom. The first-order valence-corrected chi connectivity index (χ1v) is 7.11. The normalized spacial score (nSPS) is 11.8. The minimum absolute atomic E-state index is 0.0333. The first kappa shape index (κ1) is 13.8. The van der Waals surface area contributed by atoms with E-state index in [9.17, 15) is 8.42 Å². The molecule has 1 aromatic carbocycles. The predicted molar refractivity (Wildman–Crippen MR) is 70.2 cm³/mol. The third kappa shape index (κ3) is 3.90. The average molecular weight is 257 g/mol. The Labute approximate surface area is 102 Å². The van der Waals surface area contributed by atoms with Gasteiger partial charge >= 0.3 is 0 Å². The van der Waals surface area contributed by atoms with Crippen molar-refractivity contribution >= 4 is 21.4 Å². The molecule has 17 heavy (non-hydrogen) atoms. The molecule has 0 aliphatic heterocycles. The summed E-state index contributed by atoms with van der Waals surface area (Å²) in [6.07, 6.45) is 1.91. The van der Waals surface area contributed by atoms with Crippen molar-refractivity contribution in [1.29, 1.82) is 0 Å². The number of nitrogen functional groups attached to an aromatic ring is 1. The second-order valence-electron chi connectivity index (χ2n) is 3.99. The van der Waals surface area contributed by atoms with Crippen molar-refractivity contribution in [2.24, 2.45) is 5.14 Å². The highest BCUT2D eigenvalue weighted by atomic mass is 32.2. The molecular weight excluding hydrogens is 238 g/mol. The van der Waals surface area contributed by atoms with E-state index in [0.717, 1.165) is 12.8 Å². The summed E-state index contributed by atoms with van der Waals surface area (Å²) in [6.45, 7) is 4.13. The first-order valence-electron chi connectivity index (χ1n) is 5.56. The van der Waals surface area contributed by atoms with Gasteiger partial charge in [-0.25, -0.2) is 13.6 Å². The standard InChI is InChI=1S/C11H19N3O2S/c1-3-9(4-2)14-10-5-8(12)6-11(7-10)17(13,15)16/h5-7,9,14H,3-4,12H2,1-2H3,(H2,13,15,16). The Morgan fingerprint density at radius 3 is 2.29 bits per heavy atom. The molecule has 0 atom stereocenters. The number of nitrogens with one attached hydrogen (secondary N) is 1. The molecule has 6 heteroatoms. The van der Waals surface area contributed by atoms with Crippen molar-refractivity contribution in [3.63, 3.8) is 0 Å². The maximum absolute atomic E-state index is 11.3. The van der Waals surface area contributed by atoms with Crippen molar-refractivity contribution < 1.29 is 8.42 Å². The van der Waals surface area contributed by atoms with Crippen LogP contribution in [-0.2, 0) is 10.0 Å². The van der Waals surface area contributed by atoms with E-state index in [1.165, 1.54) is 12.1 Å². The number of nitrogens with two attached hydrogens (primary N) is 2. The van der Waals surface area contributed by atoms with E-state index in [1.54, 1.807) is 6.07 Å². The van der Waals surface area contributed by atoms with Crippen molar-refractivity contribution in [2.45, 2.75) is 37.6 Å². The fourth-order valence-corrected chi connectivity index (χ4v) is 2.19. The van der Waals surface area contributed by atoms with Gasteiger partial charge in [0.2, 0.25) is 10.0 Å². The highest BCUT2D eigenvalue weighted by Gasteiger charge is 2.11. The zero-order valence-electron chi connectivity index (χ0n) is 10.1. The van der Waals surface area contributed by atoms with E-state index in [-0.39, 0.29) is 4.90 Å². The van der Waals surface area contributed by atoms with Crippen LogP contribution in [-0.4, -0.2) is 14.5 Å². The van der Waals surface area contributed by atoms with E-state index in [0.29, 0.717) is 17.4 Å². The lowest BCUT2D eigenvalue weighted by atomic mass is 10.1. The van der Waals surface area contributed by atoms with Crippen molar-refractivity contribution in [3.05, 3.63) is 18.2 Å². The summed E-state index contributed by atoms with van der Waals surface area (Å²) in [5.41, 5.74) is 6.72. The summed E-state index contributed by atoms with van der Waals surface area (Å²) in [6, 6.07) is 4.86. The third-order valence-electron chi connectivity index (χ3n) is 2.61. The first-order chi connectivity index (χ1) is 7.86. The van der Waals surface area contributed by atoms with Crippen LogP contribution >= 0.6 is 0 Å². The topological polar surface area (TPSA) is 98.2 Å². The minimum Gasteiger partial charge on any atom is -0.399 e. The molecule has 0 saturated heterocycles. The maximum atomic E-state index is 11.3. The summed E-state index contributed by atoms with van der Waals surface area (Å²) in [5, 5.41) is 8.31. The average Bonchev–Trinajstić information content (AvgIpc) is 2.24. The number of anilines is 2. The van der Waals surface area contributed by atoms with Gasteiger partial charge in [0, 0.05) is 17.4 Å². The summed E-state index contributed by atoms with van der Waals surface area (Å²) < 4.78 is 22.5. The largest absolute Gasteiger partial charge is 0.399 e. The van der Waals surface area contributed by atoms with Gasteiger partial charge < -0.3 is 11.1 Å². The van der Waals surface area contributed by atoms with Crippen LogP contribution in [0.2, 0.25) is 0 Å². The number of rotatable bonds is 5. The van der Waals surface area contributed by atoms with E-state index >= 15 is 0 Å². The molecule has 0 radical (unpaired) electrons. The van der Waals surface area contributed by atoms with Gasteiger partial charge in [-0.1, -0.05) is 13.8 Å². The Morgan fingerprint density at radius 1 is 1.24 bits per heavy atom. The monoisotopic (exact) mass is 257 g/mol. The minimum atomic E-state index is -3.72. The summed E-state index contributed by atoms with van der Waals surface area (Å²) >= 11 is 0. The van der Waals surface area contributed by atoms with E-state index < -0.39 is 10.0 Å². The summed E-state index contributed by atoms with van der Waals surface area (Å²) in [7, 11) is -3.72. The van der Waals surface area contributed by atoms with Gasteiger partial charge in [-0.2, -0.15) is 0 Å². The molecule has 0 amide bonds. The zero-order chi connectivity index (χ0) is 13.1. The molecule has 96 valence electrons. The van der Waals surface area contributed by atoms with Crippen molar-refractivity contribution in [1.82, 2.24) is 0 Å². The van der Waals surface area contributed by atoms with Gasteiger partial charge in [0.25, 0.3) is 0 Å². The number of primary sulfonamides is 1. The van der Waals surface area contributed by atoms with Crippen LogP contribution < -0.4 is 16.2 Å². The van der Waals surface area contributed by atoms with Crippen molar-refractivity contribution in [2.75, 3.05) is 11.1 Å². The van der Waals surface area contributed by atoms with Gasteiger partial charge in [0.15, 0.2) is 0 Å². The van der Waals surface area contributed by atoms with Crippen LogP contribution in [0.4, 0.5) is 11.4 Å². The molecule has 5 nitrogen and oxygen atoms in total. The van der Waals surface area contributed by atoms with Crippen LogP contribution in [0.1, 0.15) is 26.7 Å². The molecule has 0 aliphatic rings. The SMILES string of the molecule is CCC(CC)Nc1cc(N)cc(S(N)(=O)=O)c1. The van der Waals surface area contributed by atoms with Crippen LogP contribution in [0.3, 0.4) is 0 Å². The summed E-state index contributed by atoms with van der Waals surface area (Å²) in [4.78, 5) is 0.0333. The van der Waals surface area contributed by atoms with Gasteiger partial charge in [-0.3, -0.25) is 0 Å². The molecule has 0 unspecified atom stereocenters. The number of sulfonamides is 1. The third-order valence-corrected chi connectivity index (χ3v) is 3.51. The number of benzene rings is 1. The van der Waals surface area contributed by atoms with Gasteiger partial charge in [0.05, 0.1) is 4.90 Å². The Kier molecular flexibility index (Phi) is 4.36.